The van der Waals surface area contributed by atoms with Gasteiger partial charge in [0.2, 0.25) is 0 Å². The van der Waals surface area contributed by atoms with Gasteiger partial charge in [0.25, 0.3) is 5.91 Å². The van der Waals surface area contributed by atoms with E-state index in [9.17, 15) is 22.8 Å². The Balaban J connectivity index is 1.91. The minimum Gasteiger partial charge on any atom is -0.367 e. The van der Waals surface area contributed by atoms with Crippen molar-refractivity contribution in [3.05, 3.63) is 64.5 Å². The molecule has 0 spiro atoms. The molecule has 0 bridgehead atoms. The Morgan fingerprint density at radius 1 is 1.10 bits per heavy atom. The summed E-state index contributed by atoms with van der Waals surface area (Å²) < 4.78 is 40.9. The van der Waals surface area contributed by atoms with Crippen LogP contribution < -0.4 is 5.32 Å². The summed E-state index contributed by atoms with van der Waals surface area (Å²) in [4.78, 5) is 28.3. The Labute approximate surface area is 167 Å². The van der Waals surface area contributed by atoms with E-state index in [-0.39, 0.29) is 31.3 Å². The van der Waals surface area contributed by atoms with Crippen LogP contribution in [0.25, 0.3) is 0 Å². The number of carbonyl (C=O) groups is 2. The molecule has 2 aromatic rings. The molecule has 2 rings (SSSR count). The Kier molecular flexibility index (Phi) is 7.90. The van der Waals surface area contributed by atoms with Crippen LogP contribution in [0.3, 0.4) is 0 Å². The smallest absolute Gasteiger partial charge is 0.367 e. The fourth-order valence-electron chi connectivity index (χ4n) is 2.61. The second kappa shape index (κ2) is 10.2. The van der Waals surface area contributed by atoms with Gasteiger partial charge >= 0.3 is 6.18 Å². The standard InChI is InChI=1S/C21H23F3N2O3/c1-3-19(27)10-18-9-17(8-14(2)26-18)20(28)25-11-15-4-6-16(7-5-15)12-29-13-21(22,23)24/h4-9H,3,10-13H2,1-2H3,(H,25,28). The Morgan fingerprint density at radius 3 is 2.38 bits per heavy atom. The quantitative estimate of drug-likeness (QED) is 0.683. The zero-order valence-corrected chi connectivity index (χ0v) is 16.3. The maximum atomic E-state index is 12.4. The third kappa shape index (κ3) is 8.03. The Morgan fingerprint density at radius 2 is 1.76 bits per heavy atom. The lowest BCUT2D eigenvalue weighted by Gasteiger charge is -2.10. The Bertz CT molecular complexity index is 849. The summed E-state index contributed by atoms with van der Waals surface area (Å²) in [6, 6.07) is 10.0. The van der Waals surface area contributed by atoms with Gasteiger partial charge in [0.15, 0.2) is 0 Å². The number of hydrogen-bond acceptors (Lipinski definition) is 4. The van der Waals surface area contributed by atoms with Gasteiger partial charge in [-0.15, -0.1) is 0 Å². The summed E-state index contributed by atoms with van der Waals surface area (Å²) in [5.41, 5.74) is 3.04. The first-order chi connectivity index (χ1) is 13.7. The van der Waals surface area contributed by atoms with Crippen molar-refractivity contribution in [2.45, 2.75) is 46.0 Å². The van der Waals surface area contributed by atoms with Crippen LogP contribution in [-0.4, -0.2) is 29.5 Å². The molecular formula is C21H23F3N2O3. The van der Waals surface area contributed by atoms with Crippen molar-refractivity contribution in [1.82, 2.24) is 10.3 Å². The fraction of sp³-hybridized carbons (Fsp3) is 0.381. The van der Waals surface area contributed by atoms with E-state index in [1.807, 2.05) is 0 Å². The van der Waals surface area contributed by atoms with Gasteiger partial charge in [-0.05, 0) is 30.2 Å². The van der Waals surface area contributed by atoms with Gasteiger partial charge in [-0.1, -0.05) is 31.2 Å². The lowest BCUT2D eigenvalue weighted by Crippen LogP contribution is -2.23. The number of benzene rings is 1. The minimum atomic E-state index is -4.35. The molecule has 1 amide bonds. The molecule has 0 aliphatic carbocycles. The second-order valence-corrected chi connectivity index (χ2v) is 6.66. The molecular weight excluding hydrogens is 385 g/mol. The van der Waals surface area contributed by atoms with Crippen LogP contribution in [-0.2, 0) is 29.1 Å². The highest BCUT2D eigenvalue weighted by atomic mass is 19.4. The number of hydrogen-bond donors (Lipinski definition) is 1. The summed E-state index contributed by atoms with van der Waals surface area (Å²) in [7, 11) is 0. The van der Waals surface area contributed by atoms with E-state index < -0.39 is 12.8 Å². The van der Waals surface area contributed by atoms with Crippen LogP contribution in [0.4, 0.5) is 13.2 Å². The van der Waals surface area contributed by atoms with Gasteiger partial charge in [-0.3, -0.25) is 14.6 Å². The normalized spacial score (nSPS) is 11.3. The topological polar surface area (TPSA) is 68.3 Å². The third-order valence-corrected chi connectivity index (χ3v) is 4.05. The van der Waals surface area contributed by atoms with Crippen LogP contribution in [0.5, 0.6) is 0 Å². The minimum absolute atomic E-state index is 0.0498. The first kappa shape index (κ1) is 22.5. The van der Waals surface area contributed by atoms with Crippen molar-refractivity contribution < 1.29 is 27.5 Å². The molecule has 5 nitrogen and oxygen atoms in total. The summed E-state index contributed by atoms with van der Waals surface area (Å²) in [6.45, 7) is 2.37. The molecule has 1 aromatic heterocycles. The molecule has 29 heavy (non-hydrogen) atoms. The number of amides is 1. The molecule has 0 fully saturated rings. The molecule has 0 atom stereocenters. The zero-order valence-electron chi connectivity index (χ0n) is 16.3. The fourth-order valence-corrected chi connectivity index (χ4v) is 2.61. The van der Waals surface area contributed by atoms with Gasteiger partial charge in [0.05, 0.1) is 6.61 Å². The van der Waals surface area contributed by atoms with Crippen LogP contribution in [0.2, 0.25) is 0 Å². The SMILES string of the molecule is CCC(=O)Cc1cc(C(=O)NCc2ccc(COCC(F)(F)F)cc2)cc(C)n1. The maximum absolute atomic E-state index is 12.4. The number of ketones is 1. The molecule has 0 saturated carbocycles. The first-order valence-corrected chi connectivity index (χ1v) is 9.16. The molecule has 156 valence electrons. The van der Waals surface area contributed by atoms with Crippen molar-refractivity contribution in [2.75, 3.05) is 6.61 Å². The first-order valence-electron chi connectivity index (χ1n) is 9.16. The predicted octanol–water partition coefficient (Wildman–Crippen LogP) is 3.92. The average molecular weight is 408 g/mol. The van der Waals surface area contributed by atoms with E-state index >= 15 is 0 Å². The summed E-state index contributed by atoms with van der Waals surface area (Å²) in [5, 5.41) is 2.79. The van der Waals surface area contributed by atoms with E-state index in [1.54, 1.807) is 50.2 Å². The van der Waals surface area contributed by atoms with E-state index in [2.05, 4.69) is 15.0 Å². The zero-order chi connectivity index (χ0) is 21.4. The van der Waals surface area contributed by atoms with Crippen molar-refractivity contribution in [2.24, 2.45) is 0 Å². The molecule has 8 heteroatoms. The van der Waals surface area contributed by atoms with Crippen molar-refractivity contribution >= 4 is 11.7 Å². The number of alkyl halides is 3. The summed E-state index contributed by atoms with van der Waals surface area (Å²) in [5.74, 6) is -0.243. The number of aryl methyl sites for hydroxylation is 1. The van der Waals surface area contributed by atoms with Crippen molar-refractivity contribution in [1.29, 1.82) is 0 Å². The van der Waals surface area contributed by atoms with Gasteiger partial charge in [-0.2, -0.15) is 13.2 Å². The number of ether oxygens (including phenoxy) is 1. The molecule has 0 saturated heterocycles. The highest BCUT2D eigenvalue weighted by Gasteiger charge is 2.27. The third-order valence-electron chi connectivity index (χ3n) is 4.05. The number of carbonyl (C=O) groups excluding carboxylic acids is 2. The highest BCUT2D eigenvalue weighted by molar-refractivity contribution is 5.94. The summed E-state index contributed by atoms with van der Waals surface area (Å²) >= 11 is 0. The van der Waals surface area contributed by atoms with E-state index in [1.165, 1.54) is 0 Å². The lowest BCUT2D eigenvalue weighted by atomic mass is 10.1. The highest BCUT2D eigenvalue weighted by Crippen LogP contribution is 2.16. The number of pyridine rings is 1. The molecule has 0 aliphatic heterocycles. The number of aromatic nitrogens is 1. The largest absolute Gasteiger partial charge is 0.411 e. The van der Waals surface area contributed by atoms with Gasteiger partial charge in [0.1, 0.15) is 12.4 Å². The lowest BCUT2D eigenvalue weighted by molar-refractivity contribution is -0.176. The van der Waals surface area contributed by atoms with Crippen LogP contribution in [0.1, 0.15) is 46.2 Å². The predicted molar refractivity (Wildman–Crippen MR) is 101 cm³/mol. The average Bonchev–Trinajstić information content (AvgIpc) is 2.65. The van der Waals surface area contributed by atoms with Crippen molar-refractivity contribution in [3.8, 4) is 0 Å². The second-order valence-electron chi connectivity index (χ2n) is 6.66. The number of rotatable bonds is 9. The summed E-state index contributed by atoms with van der Waals surface area (Å²) in [6.07, 6.45) is -3.75. The molecule has 0 unspecified atom stereocenters. The number of Topliss-reactive ketones (excluding diaryl/α,β-unsaturated/α-hetero) is 1. The molecule has 1 aromatic carbocycles. The molecule has 0 radical (unpaired) electrons. The van der Waals surface area contributed by atoms with E-state index in [4.69, 9.17) is 0 Å². The van der Waals surface area contributed by atoms with Crippen LogP contribution in [0, 0.1) is 6.92 Å². The molecule has 0 aliphatic rings. The van der Waals surface area contributed by atoms with E-state index in [0.717, 1.165) is 5.56 Å². The van der Waals surface area contributed by atoms with Gasteiger partial charge < -0.3 is 10.1 Å². The number of nitrogens with one attached hydrogen (secondary N) is 1. The van der Waals surface area contributed by atoms with Crippen LogP contribution in [0.15, 0.2) is 36.4 Å². The Hall–Kier alpha value is -2.74. The van der Waals surface area contributed by atoms with Crippen molar-refractivity contribution in [3.63, 3.8) is 0 Å². The van der Waals surface area contributed by atoms with E-state index in [0.29, 0.717) is 28.9 Å². The molecule has 1 N–H and O–H groups in total. The monoisotopic (exact) mass is 408 g/mol. The maximum Gasteiger partial charge on any atom is 0.411 e. The number of halogens is 3. The van der Waals surface area contributed by atoms with Gasteiger partial charge in [0, 0.05) is 36.3 Å². The molecule has 1 heterocycles. The van der Waals surface area contributed by atoms with Crippen LogP contribution >= 0.6 is 0 Å². The van der Waals surface area contributed by atoms with Gasteiger partial charge in [-0.25, -0.2) is 0 Å². The number of nitrogens with zero attached hydrogens (tertiary/aromatic N) is 1.